The van der Waals surface area contributed by atoms with Crippen LogP contribution in [0.4, 0.5) is 14.5 Å². The van der Waals surface area contributed by atoms with Crippen molar-refractivity contribution < 1.29 is 17.2 Å². The number of sulfonamides is 1. The third-order valence-corrected chi connectivity index (χ3v) is 2.68. The molecule has 1 heterocycles. The number of anilines is 1. The Balaban J connectivity index is 3.61. The van der Waals surface area contributed by atoms with Crippen LogP contribution in [0.15, 0.2) is 11.1 Å². The zero-order chi connectivity index (χ0) is 12.5. The van der Waals surface area contributed by atoms with Gasteiger partial charge in [-0.15, -0.1) is 0 Å². The van der Waals surface area contributed by atoms with Crippen molar-refractivity contribution in [1.29, 1.82) is 5.26 Å². The molecule has 0 unspecified atom stereocenters. The first-order valence-electron chi connectivity index (χ1n) is 3.78. The van der Waals surface area contributed by atoms with Crippen molar-refractivity contribution in [2.45, 2.75) is 11.3 Å². The van der Waals surface area contributed by atoms with Crippen LogP contribution in [0.2, 0.25) is 0 Å². The Bertz CT molecular complexity index is 564. The maximum absolute atomic E-state index is 12.4. The standard InChI is InChI=1S/C7H6F2N4O2S/c8-7(9)6-3(1-10)5(11)4(2-13-6)16(12,14)15/h2,7H,(H2,11,13)(H2,12,14,15). The van der Waals surface area contributed by atoms with Crippen LogP contribution in [-0.4, -0.2) is 13.4 Å². The highest BCUT2D eigenvalue weighted by Gasteiger charge is 2.23. The Hall–Kier alpha value is -1.79. The number of alkyl halides is 2. The van der Waals surface area contributed by atoms with Gasteiger partial charge in [0.05, 0.1) is 5.69 Å². The smallest absolute Gasteiger partial charge is 0.281 e. The lowest BCUT2D eigenvalue weighted by molar-refractivity contribution is 0.145. The van der Waals surface area contributed by atoms with Crippen LogP contribution in [0.25, 0.3) is 0 Å². The summed E-state index contributed by atoms with van der Waals surface area (Å²) in [5.74, 6) is 0. The first-order valence-corrected chi connectivity index (χ1v) is 5.33. The van der Waals surface area contributed by atoms with Crippen LogP contribution < -0.4 is 10.9 Å². The van der Waals surface area contributed by atoms with Gasteiger partial charge in [0.25, 0.3) is 6.43 Å². The second-order valence-corrected chi connectivity index (χ2v) is 4.28. The number of hydrogen-bond acceptors (Lipinski definition) is 5. The Labute approximate surface area is 89.5 Å². The van der Waals surface area contributed by atoms with Crippen LogP contribution in [0.5, 0.6) is 0 Å². The SMILES string of the molecule is N#Cc1c(C(F)F)ncc(S(N)(=O)=O)c1N. The molecule has 1 aromatic rings. The molecule has 1 aromatic heterocycles. The minimum atomic E-state index is -4.19. The number of nitrogen functional groups attached to an aromatic ring is 1. The monoisotopic (exact) mass is 248 g/mol. The highest BCUT2D eigenvalue weighted by molar-refractivity contribution is 7.89. The van der Waals surface area contributed by atoms with Crippen molar-refractivity contribution in [3.05, 3.63) is 17.5 Å². The molecule has 0 saturated carbocycles. The number of nitrogens with zero attached hydrogens (tertiary/aromatic N) is 2. The topological polar surface area (TPSA) is 123 Å². The molecule has 0 aliphatic carbocycles. The van der Waals surface area contributed by atoms with E-state index in [1.54, 1.807) is 0 Å². The van der Waals surface area contributed by atoms with Gasteiger partial charge in [0, 0.05) is 6.20 Å². The fourth-order valence-electron chi connectivity index (χ4n) is 1.03. The van der Waals surface area contributed by atoms with E-state index in [1.165, 1.54) is 6.07 Å². The highest BCUT2D eigenvalue weighted by Crippen LogP contribution is 2.28. The van der Waals surface area contributed by atoms with E-state index in [0.717, 1.165) is 0 Å². The maximum atomic E-state index is 12.4. The molecule has 0 saturated heterocycles. The number of halogens is 2. The summed E-state index contributed by atoms with van der Waals surface area (Å²) in [5, 5.41) is 13.4. The van der Waals surface area contributed by atoms with Crippen molar-refractivity contribution in [3.63, 3.8) is 0 Å². The van der Waals surface area contributed by atoms with Gasteiger partial charge >= 0.3 is 0 Å². The van der Waals surface area contributed by atoms with E-state index in [9.17, 15) is 17.2 Å². The van der Waals surface area contributed by atoms with Crippen molar-refractivity contribution in [2.75, 3.05) is 5.73 Å². The molecule has 0 atom stereocenters. The summed E-state index contributed by atoms with van der Waals surface area (Å²) in [4.78, 5) is 2.52. The summed E-state index contributed by atoms with van der Waals surface area (Å²) in [7, 11) is -4.19. The molecule has 4 N–H and O–H groups in total. The molecule has 86 valence electrons. The second kappa shape index (κ2) is 3.99. The summed E-state index contributed by atoms with van der Waals surface area (Å²) in [6.45, 7) is 0. The van der Waals surface area contributed by atoms with Crippen molar-refractivity contribution >= 4 is 15.7 Å². The number of hydrogen-bond donors (Lipinski definition) is 2. The molecular weight excluding hydrogens is 242 g/mol. The van der Waals surface area contributed by atoms with Crippen LogP contribution in [0, 0.1) is 11.3 Å². The molecule has 0 spiro atoms. The molecule has 9 heteroatoms. The fraction of sp³-hybridized carbons (Fsp3) is 0.143. The normalized spacial score (nSPS) is 11.4. The molecule has 0 radical (unpaired) electrons. The largest absolute Gasteiger partial charge is 0.396 e. The molecule has 0 amide bonds. The predicted octanol–water partition coefficient (Wildman–Crippen LogP) is 0.120. The second-order valence-electron chi connectivity index (χ2n) is 2.75. The van der Waals surface area contributed by atoms with E-state index < -0.39 is 38.3 Å². The number of nitriles is 1. The van der Waals surface area contributed by atoms with Gasteiger partial charge in [-0.25, -0.2) is 22.3 Å². The van der Waals surface area contributed by atoms with E-state index in [0.29, 0.717) is 6.20 Å². The Morgan fingerprint density at radius 2 is 2.06 bits per heavy atom. The molecule has 0 aromatic carbocycles. The molecule has 0 bridgehead atoms. The molecule has 16 heavy (non-hydrogen) atoms. The lowest BCUT2D eigenvalue weighted by atomic mass is 10.2. The van der Waals surface area contributed by atoms with Crippen molar-refractivity contribution in [3.8, 4) is 6.07 Å². The quantitative estimate of drug-likeness (QED) is 0.769. The number of pyridine rings is 1. The Morgan fingerprint density at radius 3 is 2.44 bits per heavy atom. The highest BCUT2D eigenvalue weighted by atomic mass is 32.2. The molecular formula is C7H6F2N4O2S. The third kappa shape index (κ3) is 2.07. The number of primary sulfonamides is 1. The van der Waals surface area contributed by atoms with Gasteiger partial charge in [-0.05, 0) is 0 Å². The summed E-state index contributed by atoms with van der Waals surface area (Å²) in [6, 6.07) is 1.37. The molecule has 0 fully saturated rings. The van der Waals surface area contributed by atoms with Gasteiger partial charge in [0.15, 0.2) is 0 Å². The van der Waals surface area contributed by atoms with Crippen molar-refractivity contribution in [1.82, 2.24) is 4.98 Å². The van der Waals surface area contributed by atoms with E-state index in [1.807, 2.05) is 0 Å². The van der Waals surface area contributed by atoms with Gasteiger partial charge in [0.2, 0.25) is 10.0 Å². The molecule has 0 aliphatic heterocycles. The average Bonchev–Trinajstić information content (AvgIpc) is 2.14. The number of rotatable bonds is 2. The van der Waals surface area contributed by atoms with Crippen LogP contribution >= 0.6 is 0 Å². The fourth-order valence-corrected chi connectivity index (χ4v) is 1.64. The molecule has 1 rings (SSSR count). The van der Waals surface area contributed by atoms with Crippen LogP contribution in [0.3, 0.4) is 0 Å². The Kier molecular flexibility index (Phi) is 3.06. The van der Waals surface area contributed by atoms with E-state index in [2.05, 4.69) is 4.98 Å². The summed E-state index contributed by atoms with van der Waals surface area (Å²) < 4.78 is 46.7. The van der Waals surface area contributed by atoms with Gasteiger partial charge < -0.3 is 5.73 Å². The first kappa shape index (κ1) is 12.3. The minimum Gasteiger partial charge on any atom is -0.396 e. The predicted molar refractivity (Wildman–Crippen MR) is 49.7 cm³/mol. The maximum Gasteiger partial charge on any atom is 0.281 e. The number of nitrogens with two attached hydrogens (primary N) is 2. The van der Waals surface area contributed by atoms with Crippen LogP contribution in [-0.2, 0) is 10.0 Å². The lowest BCUT2D eigenvalue weighted by Crippen LogP contribution is -2.16. The average molecular weight is 248 g/mol. The first-order chi connectivity index (χ1) is 7.29. The number of aromatic nitrogens is 1. The Morgan fingerprint density at radius 1 is 1.50 bits per heavy atom. The van der Waals surface area contributed by atoms with E-state index in [-0.39, 0.29) is 0 Å². The van der Waals surface area contributed by atoms with Gasteiger partial charge in [-0.2, -0.15) is 5.26 Å². The molecule has 0 aliphatic rings. The van der Waals surface area contributed by atoms with Gasteiger partial charge in [-0.1, -0.05) is 0 Å². The van der Waals surface area contributed by atoms with Gasteiger partial charge in [-0.3, -0.25) is 4.98 Å². The third-order valence-electron chi connectivity index (χ3n) is 1.74. The van der Waals surface area contributed by atoms with Crippen molar-refractivity contribution in [2.24, 2.45) is 5.14 Å². The minimum absolute atomic E-state index is 0.604. The summed E-state index contributed by atoms with van der Waals surface area (Å²) in [5.41, 5.74) is 3.10. The summed E-state index contributed by atoms with van der Waals surface area (Å²) >= 11 is 0. The zero-order valence-electron chi connectivity index (χ0n) is 7.68. The van der Waals surface area contributed by atoms with Crippen LogP contribution in [0.1, 0.15) is 17.7 Å². The summed E-state index contributed by atoms with van der Waals surface area (Å²) in [6.07, 6.45) is -2.42. The van der Waals surface area contributed by atoms with E-state index in [4.69, 9.17) is 16.1 Å². The van der Waals surface area contributed by atoms with E-state index >= 15 is 0 Å². The lowest BCUT2D eigenvalue weighted by Gasteiger charge is -2.08. The van der Waals surface area contributed by atoms with Gasteiger partial charge in [0.1, 0.15) is 22.2 Å². The molecule has 6 nitrogen and oxygen atoms in total. The zero-order valence-corrected chi connectivity index (χ0v) is 8.50.